The van der Waals surface area contributed by atoms with Crippen LogP contribution >= 0.6 is 0 Å². The Morgan fingerprint density at radius 3 is 2.28 bits per heavy atom. The van der Waals surface area contributed by atoms with Crippen LogP contribution < -0.4 is 5.32 Å². The molecule has 0 aromatic rings. The van der Waals surface area contributed by atoms with Crippen LogP contribution in [-0.2, 0) is 9.59 Å². The lowest BCUT2D eigenvalue weighted by atomic mass is 10.1. The molecule has 1 aliphatic rings. The van der Waals surface area contributed by atoms with Gasteiger partial charge < -0.3 is 10.2 Å². The Kier molecular flexibility index (Phi) is 6.12. The van der Waals surface area contributed by atoms with Gasteiger partial charge in [0.25, 0.3) is 0 Å². The first-order chi connectivity index (χ1) is 8.49. The second-order valence-electron chi connectivity index (χ2n) is 5.31. The zero-order valence-electron chi connectivity index (χ0n) is 11.7. The van der Waals surface area contributed by atoms with Crippen molar-refractivity contribution in [2.75, 3.05) is 39.3 Å². The van der Waals surface area contributed by atoms with E-state index >= 15 is 0 Å². The molecule has 0 aliphatic carbocycles. The van der Waals surface area contributed by atoms with Crippen LogP contribution in [0, 0.1) is 5.92 Å². The molecule has 0 atom stereocenters. The molecular weight excluding hydrogens is 230 g/mol. The molecule has 0 saturated carbocycles. The molecule has 0 spiro atoms. The van der Waals surface area contributed by atoms with Gasteiger partial charge in [-0.2, -0.15) is 0 Å². The van der Waals surface area contributed by atoms with Gasteiger partial charge in [0.2, 0.25) is 11.8 Å². The first-order valence-corrected chi connectivity index (χ1v) is 6.73. The fourth-order valence-electron chi connectivity index (χ4n) is 1.98. The van der Waals surface area contributed by atoms with E-state index in [-0.39, 0.29) is 11.8 Å². The summed E-state index contributed by atoms with van der Waals surface area (Å²) in [5.74, 6) is 0.826. The maximum Gasteiger partial charge on any atom is 0.234 e. The van der Waals surface area contributed by atoms with E-state index in [9.17, 15) is 9.59 Å². The Balaban J connectivity index is 2.16. The smallest absolute Gasteiger partial charge is 0.234 e. The predicted octanol–water partition coefficient (Wildman–Crippen LogP) is 0.313. The first-order valence-electron chi connectivity index (χ1n) is 6.73. The Labute approximate surface area is 110 Å². The molecule has 1 rings (SSSR count). The minimum Gasteiger partial charge on any atom is -0.355 e. The summed E-state index contributed by atoms with van der Waals surface area (Å²) >= 11 is 0. The number of hydrogen-bond donors (Lipinski definition) is 1. The molecule has 1 aliphatic heterocycles. The van der Waals surface area contributed by atoms with E-state index in [1.54, 1.807) is 6.92 Å². The molecule has 1 heterocycles. The van der Waals surface area contributed by atoms with Gasteiger partial charge in [0.05, 0.1) is 6.54 Å². The Hall–Kier alpha value is -1.10. The summed E-state index contributed by atoms with van der Waals surface area (Å²) in [4.78, 5) is 26.8. The van der Waals surface area contributed by atoms with Crippen LogP contribution in [0.3, 0.4) is 0 Å². The van der Waals surface area contributed by atoms with Crippen molar-refractivity contribution in [1.29, 1.82) is 0 Å². The first kappa shape index (κ1) is 15.0. The average Bonchev–Trinajstić information content (AvgIpc) is 2.29. The van der Waals surface area contributed by atoms with Gasteiger partial charge in [0.15, 0.2) is 0 Å². The Morgan fingerprint density at radius 2 is 1.78 bits per heavy atom. The summed E-state index contributed by atoms with van der Waals surface area (Å²) in [5, 5.41) is 2.93. The highest BCUT2D eigenvalue weighted by atomic mass is 16.2. The van der Waals surface area contributed by atoms with Gasteiger partial charge in [-0.25, -0.2) is 0 Å². The number of amides is 2. The maximum absolute atomic E-state index is 11.7. The molecular formula is C13H25N3O2. The maximum atomic E-state index is 11.7. The minimum absolute atomic E-state index is 0.0897. The van der Waals surface area contributed by atoms with E-state index < -0.39 is 0 Å². The van der Waals surface area contributed by atoms with E-state index in [0.29, 0.717) is 12.5 Å². The van der Waals surface area contributed by atoms with Gasteiger partial charge in [-0.15, -0.1) is 0 Å². The number of piperazine rings is 1. The zero-order valence-corrected chi connectivity index (χ0v) is 11.7. The number of hydrogen-bond acceptors (Lipinski definition) is 3. The molecule has 104 valence electrons. The van der Waals surface area contributed by atoms with Crippen LogP contribution in [0.15, 0.2) is 0 Å². The van der Waals surface area contributed by atoms with Crippen LogP contribution in [0.4, 0.5) is 0 Å². The third-order valence-electron chi connectivity index (χ3n) is 3.23. The number of rotatable bonds is 5. The summed E-state index contributed by atoms with van der Waals surface area (Å²) in [6.45, 7) is 10.1. The van der Waals surface area contributed by atoms with Gasteiger partial charge in [-0.05, 0) is 12.3 Å². The molecule has 5 heteroatoms. The van der Waals surface area contributed by atoms with Gasteiger partial charge in [-0.3, -0.25) is 14.5 Å². The van der Waals surface area contributed by atoms with Crippen LogP contribution in [0.5, 0.6) is 0 Å². The number of carbonyl (C=O) groups is 2. The van der Waals surface area contributed by atoms with E-state index in [1.807, 2.05) is 4.90 Å². The Morgan fingerprint density at radius 1 is 1.17 bits per heavy atom. The van der Waals surface area contributed by atoms with Gasteiger partial charge in [-0.1, -0.05) is 13.8 Å². The summed E-state index contributed by atoms with van der Waals surface area (Å²) in [5.41, 5.74) is 0. The number of nitrogens with one attached hydrogen (secondary N) is 1. The lowest BCUT2D eigenvalue weighted by Gasteiger charge is -2.33. The van der Waals surface area contributed by atoms with Crippen molar-refractivity contribution in [3.63, 3.8) is 0 Å². The predicted molar refractivity (Wildman–Crippen MR) is 71.2 cm³/mol. The summed E-state index contributed by atoms with van der Waals surface area (Å²) < 4.78 is 0. The van der Waals surface area contributed by atoms with Crippen molar-refractivity contribution in [2.24, 2.45) is 5.92 Å². The quantitative estimate of drug-likeness (QED) is 0.769. The monoisotopic (exact) mass is 255 g/mol. The molecule has 2 amide bonds. The lowest BCUT2D eigenvalue weighted by molar-refractivity contribution is -0.131. The molecule has 1 saturated heterocycles. The summed E-state index contributed by atoms with van der Waals surface area (Å²) in [6.07, 6.45) is 1.02. The molecule has 0 unspecified atom stereocenters. The van der Waals surface area contributed by atoms with Crippen molar-refractivity contribution < 1.29 is 9.59 Å². The minimum atomic E-state index is 0.0897. The molecule has 5 nitrogen and oxygen atoms in total. The topological polar surface area (TPSA) is 52.7 Å². The number of carbonyl (C=O) groups excluding carboxylic acids is 2. The number of nitrogens with zero attached hydrogens (tertiary/aromatic N) is 2. The highest BCUT2D eigenvalue weighted by Gasteiger charge is 2.19. The van der Waals surface area contributed by atoms with Crippen molar-refractivity contribution in [3.8, 4) is 0 Å². The van der Waals surface area contributed by atoms with E-state index in [2.05, 4.69) is 24.1 Å². The lowest BCUT2D eigenvalue weighted by Crippen LogP contribution is -2.50. The van der Waals surface area contributed by atoms with Crippen LogP contribution in [0.1, 0.15) is 27.2 Å². The normalized spacial score (nSPS) is 17.0. The van der Waals surface area contributed by atoms with Crippen molar-refractivity contribution in [3.05, 3.63) is 0 Å². The molecule has 0 radical (unpaired) electrons. The third kappa shape index (κ3) is 5.49. The van der Waals surface area contributed by atoms with Crippen molar-refractivity contribution in [1.82, 2.24) is 15.1 Å². The Bertz CT molecular complexity index is 284. The SMILES string of the molecule is CC(=O)N1CCN(CC(=O)NCCC(C)C)CC1. The second-order valence-corrected chi connectivity index (χ2v) is 5.31. The fraction of sp³-hybridized carbons (Fsp3) is 0.846. The van der Waals surface area contributed by atoms with Gasteiger partial charge in [0, 0.05) is 39.6 Å². The fourth-order valence-corrected chi connectivity index (χ4v) is 1.98. The molecule has 1 N–H and O–H groups in total. The van der Waals surface area contributed by atoms with Crippen LogP contribution in [0.25, 0.3) is 0 Å². The van der Waals surface area contributed by atoms with Gasteiger partial charge >= 0.3 is 0 Å². The largest absolute Gasteiger partial charge is 0.355 e. The van der Waals surface area contributed by atoms with Crippen LogP contribution in [0.2, 0.25) is 0 Å². The standard InChI is InChI=1S/C13H25N3O2/c1-11(2)4-5-14-13(18)10-15-6-8-16(9-7-15)12(3)17/h11H,4-10H2,1-3H3,(H,14,18). The van der Waals surface area contributed by atoms with Gasteiger partial charge in [0.1, 0.15) is 0 Å². The van der Waals surface area contributed by atoms with Crippen LogP contribution in [-0.4, -0.2) is 60.9 Å². The molecule has 18 heavy (non-hydrogen) atoms. The van der Waals surface area contributed by atoms with Crippen molar-refractivity contribution in [2.45, 2.75) is 27.2 Å². The molecule has 1 fully saturated rings. The highest BCUT2D eigenvalue weighted by Crippen LogP contribution is 2.01. The highest BCUT2D eigenvalue weighted by molar-refractivity contribution is 5.78. The summed E-state index contributed by atoms with van der Waals surface area (Å²) in [7, 11) is 0. The third-order valence-corrected chi connectivity index (χ3v) is 3.23. The second kappa shape index (κ2) is 7.36. The molecule has 0 aromatic heterocycles. The van der Waals surface area contributed by atoms with E-state index in [4.69, 9.17) is 0 Å². The average molecular weight is 255 g/mol. The van der Waals surface area contributed by atoms with Crippen molar-refractivity contribution >= 4 is 11.8 Å². The summed E-state index contributed by atoms with van der Waals surface area (Å²) in [6, 6.07) is 0. The molecule has 0 bridgehead atoms. The van der Waals surface area contributed by atoms with E-state index in [0.717, 1.165) is 39.1 Å². The zero-order chi connectivity index (χ0) is 13.5. The van der Waals surface area contributed by atoms with E-state index in [1.165, 1.54) is 0 Å². The molecule has 0 aromatic carbocycles.